The average molecular weight is 292 g/mol. The van der Waals surface area contributed by atoms with Crippen molar-refractivity contribution in [3.63, 3.8) is 0 Å². The molecule has 19 heavy (non-hydrogen) atoms. The minimum Gasteiger partial charge on any atom is -0.496 e. The van der Waals surface area contributed by atoms with Gasteiger partial charge < -0.3 is 10.5 Å². The summed E-state index contributed by atoms with van der Waals surface area (Å²) in [5.41, 5.74) is 7.95. The number of aromatic nitrogens is 2. The fourth-order valence-electron chi connectivity index (χ4n) is 1.79. The summed E-state index contributed by atoms with van der Waals surface area (Å²) < 4.78 is 5.34. The second-order valence-electron chi connectivity index (χ2n) is 3.92. The molecular formula is C13H10ClN3OS. The van der Waals surface area contributed by atoms with E-state index in [2.05, 4.69) is 9.97 Å². The van der Waals surface area contributed by atoms with Crippen LogP contribution < -0.4 is 10.5 Å². The van der Waals surface area contributed by atoms with Crippen LogP contribution in [0.25, 0.3) is 20.9 Å². The molecule has 0 radical (unpaired) electrons. The molecule has 0 saturated heterocycles. The van der Waals surface area contributed by atoms with Crippen LogP contribution in [0.2, 0.25) is 5.02 Å². The van der Waals surface area contributed by atoms with Crippen LogP contribution >= 0.6 is 22.9 Å². The van der Waals surface area contributed by atoms with Crippen molar-refractivity contribution in [3.8, 4) is 16.3 Å². The van der Waals surface area contributed by atoms with Crippen LogP contribution in [-0.2, 0) is 0 Å². The zero-order valence-electron chi connectivity index (χ0n) is 10.1. The Labute approximate surface area is 118 Å². The molecule has 2 N–H and O–H groups in total. The largest absolute Gasteiger partial charge is 0.496 e. The molecule has 0 amide bonds. The van der Waals surface area contributed by atoms with E-state index in [1.54, 1.807) is 25.4 Å². The highest BCUT2D eigenvalue weighted by atomic mass is 35.5. The standard InChI is InChI=1S/C13H10ClN3OS/c1-18-11-6-9(15)8(14)5-7(11)12-17-10-3-2-4-16-13(10)19-12/h2-6H,15H2,1H3. The molecule has 0 spiro atoms. The quantitative estimate of drug-likeness (QED) is 0.733. The van der Waals surface area contributed by atoms with Crippen LogP contribution in [0.15, 0.2) is 30.5 Å². The molecule has 0 unspecified atom stereocenters. The van der Waals surface area contributed by atoms with Crippen LogP contribution in [0.5, 0.6) is 5.75 Å². The number of hydrogen-bond acceptors (Lipinski definition) is 5. The SMILES string of the molecule is COc1cc(N)c(Cl)cc1-c1nc2cccnc2s1. The zero-order valence-corrected chi connectivity index (χ0v) is 11.6. The average Bonchev–Trinajstić information content (AvgIpc) is 2.85. The molecule has 2 heterocycles. The van der Waals surface area contributed by atoms with Crippen LogP contribution in [-0.4, -0.2) is 17.1 Å². The van der Waals surface area contributed by atoms with Crippen molar-refractivity contribution in [3.05, 3.63) is 35.5 Å². The third-order valence-corrected chi connectivity index (χ3v) is 4.06. The van der Waals surface area contributed by atoms with Gasteiger partial charge in [0, 0.05) is 12.3 Å². The van der Waals surface area contributed by atoms with Crippen molar-refractivity contribution in [2.24, 2.45) is 0 Å². The van der Waals surface area contributed by atoms with E-state index in [0.29, 0.717) is 16.5 Å². The van der Waals surface area contributed by atoms with Crippen molar-refractivity contribution >= 4 is 39.0 Å². The molecular weight excluding hydrogens is 282 g/mol. The topological polar surface area (TPSA) is 61.0 Å². The van der Waals surface area contributed by atoms with Gasteiger partial charge in [0.05, 0.1) is 23.4 Å². The first-order valence-corrected chi connectivity index (χ1v) is 6.73. The van der Waals surface area contributed by atoms with Gasteiger partial charge in [-0.15, -0.1) is 0 Å². The van der Waals surface area contributed by atoms with Crippen molar-refractivity contribution < 1.29 is 4.74 Å². The number of pyridine rings is 1. The molecule has 96 valence electrons. The number of fused-ring (bicyclic) bond motifs is 1. The number of ether oxygens (including phenoxy) is 1. The number of hydrogen-bond donors (Lipinski definition) is 1. The number of benzene rings is 1. The Morgan fingerprint density at radius 1 is 1.37 bits per heavy atom. The van der Waals surface area contributed by atoms with E-state index in [0.717, 1.165) is 20.9 Å². The second kappa shape index (κ2) is 4.68. The van der Waals surface area contributed by atoms with Gasteiger partial charge in [-0.3, -0.25) is 0 Å². The number of anilines is 1. The lowest BCUT2D eigenvalue weighted by Gasteiger charge is -2.08. The van der Waals surface area contributed by atoms with Gasteiger partial charge in [-0.2, -0.15) is 0 Å². The Kier molecular flexibility index (Phi) is 3.00. The van der Waals surface area contributed by atoms with E-state index in [9.17, 15) is 0 Å². The fourth-order valence-corrected chi connectivity index (χ4v) is 2.88. The van der Waals surface area contributed by atoms with Gasteiger partial charge in [0.2, 0.25) is 0 Å². The summed E-state index contributed by atoms with van der Waals surface area (Å²) in [5.74, 6) is 0.654. The highest BCUT2D eigenvalue weighted by Gasteiger charge is 2.14. The maximum absolute atomic E-state index is 6.07. The summed E-state index contributed by atoms with van der Waals surface area (Å²) in [6.45, 7) is 0. The minimum atomic E-state index is 0.488. The molecule has 0 aliphatic carbocycles. The Morgan fingerprint density at radius 3 is 2.95 bits per heavy atom. The molecule has 0 atom stereocenters. The summed E-state index contributed by atoms with van der Waals surface area (Å²) in [6.07, 6.45) is 1.75. The number of nitrogens with two attached hydrogens (primary N) is 1. The second-order valence-corrected chi connectivity index (χ2v) is 5.31. The first-order chi connectivity index (χ1) is 9.19. The molecule has 0 saturated carbocycles. The van der Waals surface area contributed by atoms with Gasteiger partial charge in [0.15, 0.2) is 0 Å². The molecule has 4 nitrogen and oxygen atoms in total. The molecule has 0 bridgehead atoms. The Morgan fingerprint density at radius 2 is 2.21 bits per heavy atom. The fraction of sp³-hybridized carbons (Fsp3) is 0.0769. The third-order valence-electron chi connectivity index (χ3n) is 2.72. The van der Waals surface area contributed by atoms with E-state index >= 15 is 0 Å². The van der Waals surface area contributed by atoms with Crippen molar-refractivity contribution in [1.82, 2.24) is 9.97 Å². The number of nitrogen functional groups attached to an aromatic ring is 1. The molecule has 0 fully saturated rings. The van der Waals surface area contributed by atoms with E-state index in [-0.39, 0.29) is 0 Å². The molecule has 3 aromatic rings. The van der Waals surface area contributed by atoms with Gasteiger partial charge in [0.25, 0.3) is 0 Å². The summed E-state index contributed by atoms with van der Waals surface area (Å²) in [4.78, 5) is 9.70. The Hall–Kier alpha value is -1.85. The predicted octanol–water partition coefficient (Wildman–Crippen LogP) is 3.60. The number of halogens is 1. The van der Waals surface area contributed by atoms with Crippen molar-refractivity contribution in [1.29, 1.82) is 0 Å². The maximum Gasteiger partial charge on any atom is 0.143 e. The lowest BCUT2D eigenvalue weighted by atomic mass is 10.2. The minimum absolute atomic E-state index is 0.488. The van der Waals surface area contributed by atoms with E-state index in [1.807, 2.05) is 12.1 Å². The van der Waals surface area contributed by atoms with Crippen LogP contribution in [0.4, 0.5) is 5.69 Å². The van der Waals surface area contributed by atoms with E-state index in [1.165, 1.54) is 11.3 Å². The summed E-state index contributed by atoms with van der Waals surface area (Å²) in [7, 11) is 1.59. The van der Waals surface area contributed by atoms with Gasteiger partial charge in [-0.05, 0) is 18.2 Å². The van der Waals surface area contributed by atoms with Crippen LogP contribution in [0.3, 0.4) is 0 Å². The van der Waals surface area contributed by atoms with Gasteiger partial charge >= 0.3 is 0 Å². The van der Waals surface area contributed by atoms with E-state index in [4.69, 9.17) is 22.1 Å². The molecule has 1 aromatic carbocycles. The number of nitrogens with zero attached hydrogens (tertiary/aromatic N) is 2. The van der Waals surface area contributed by atoms with E-state index < -0.39 is 0 Å². The first kappa shape index (κ1) is 12.2. The van der Waals surface area contributed by atoms with Gasteiger partial charge in [-0.25, -0.2) is 9.97 Å². The summed E-state index contributed by atoms with van der Waals surface area (Å²) in [6, 6.07) is 7.26. The molecule has 2 aromatic heterocycles. The van der Waals surface area contributed by atoms with Crippen LogP contribution in [0, 0.1) is 0 Å². The lowest BCUT2D eigenvalue weighted by molar-refractivity contribution is 0.416. The summed E-state index contributed by atoms with van der Waals surface area (Å²) in [5, 5.41) is 1.30. The zero-order chi connectivity index (χ0) is 13.4. The van der Waals surface area contributed by atoms with Crippen LogP contribution in [0.1, 0.15) is 0 Å². The molecule has 0 aliphatic heterocycles. The summed E-state index contributed by atoms with van der Waals surface area (Å²) >= 11 is 7.56. The predicted molar refractivity (Wildman–Crippen MR) is 78.8 cm³/mol. The normalized spacial score (nSPS) is 10.8. The Balaban J connectivity index is 2.22. The van der Waals surface area contributed by atoms with Gasteiger partial charge in [-0.1, -0.05) is 22.9 Å². The molecule has 3 rings (SSSR count). The van der Waals surface area contributed by atoms with Crippen molar-refractivity contribution in [2.75, 3.05) is 12.8 Å². The highest BCUT2D eigenvalue weighted by molar-refractivity contribution is 7.21. The third kappa shape index (κ3) is 2.11. The first-order valence-electron chi connectivity index (χ1n) is 5.54. The van der Waals surface area contributed by atoms with Crippen molar-refractivity contribution in [2.45, 2.75) is 0 Å². The lowest BCUT2D eigenvalue weighted by Crippen LogP contribution is -1.92. The molecule has 0 aliphatic rings. The van der Waals surface area contributed by atoms with Gasteiger partial charge in [0.1, 0.15) is 21.1 Å². The molecule has 6 heteroatoms. The Bertz CT molecular complexity index is 724. The smallest absolute Gasteiger partial charge is 0.143 e. The number of rotatable bonds is 2. The number of methoxy groups -OCH3 is 1. The number of thiazole rings is 1. The monoisotopic (exact) mass is 291 g/mol. The highest BCUT2D eigenvalue weighted by Crippen LogP contribution is 2.38. The maximum atomic E-state index is 6.07.